The van der Waals surface area contributed by atoms with Crippen LogP contribution in [0.5, 0.6) is 0 Å². The van der Waals surface area contributed by atoms with Gasteiger partial charge in [0.1, 0.15) is 12.1 Å². The predicted molar refractivity (Wildman–Crippen MR) is 96.6 cm³/mol. The Labute approximate surface area is 152 Å². The van der Waals surface area contributed by atoms with Crippen LogP contribution in [0.25, 0.3) is 0 Å². The first kappa shape index (κ1) is 22.5. The molecule has 9 heteroatoms. The van der Waals surface area contributed by atoms with Crippen molar-refractivity contribution in [2.24, 2.45) is 5.73 Å². The third kappa shape index (κ3) is 11.7. The second-order valence-electron chi connectivity index (χ2n) is 7.10. The van der Waals surface area contributed by atoms with Crippen molar-refractivity contribution in [2.75, 3.05) is 13.2 Å². The van der Waals surface area contributed by atoms with E-state index < -0.39 is 35.1 Å². The summed E-state index contributed by atoms with van der Waals surface area (Å²) in [4.78, 5) is 24.1. The van der Waals surface area contributed by atoms with Crippen molar-refractivity contribution >= 4 is 34.7 Å². The molecule has 0 heterocycles. The number of nitrogens with one attached hydrogen (secondary N) is 3. The van der Waals surface area contributed by atoms with Gasteiger partial charge in [-0.2, -0.15) is 3.64 Å². The Hall–Kier alpha value is -0.490. The summed E-state index contributed by atoms with van der Waals surface area (Å²) in [5.74, 6) is -0.888. The molecule has 136 valence electrons. The lowest BCUT2D eigenvalue weighted by Crippen LogP contribution is -2.56. The van der Waals surface area contributed by atoms with E-state index >= 15 is 0 Å². The van der Waals surface area contributed by atoms with Gasteiger partial charge in [-0.05, 0) is 41.5 Å². The fourth-order valence-corrected chi connectivity index (χ4v) is 1.61. The minimum absolute atomic E-state index is 0.0340. The Morgan fingerprint density at radius 3 is 1.91 bits per heavy atom. The Kier molecular flexibility index (Phi) is 9.51. The van der Waals surface area contributed by atoms with Crippen LogP contribution in [0.4, 0.5) is 0 Å². The Balaban J connectivity index is 4.66. The Morgan fingerprint density at radius 2 is 1.48 bits per heavy atom. The molecule has 2 amide bonds. The zero-order valence-corrected chi connectivity index (χ0v) is 16.8. The molecule has 2 atom stereocenters. The number of hydrogen-bond donors (Lipinski definition) is 4. The van der Waals surface area contributed by atoms with E-state index in [4.69, 9.17) is 15.2 Å². The molecular formula is C14H29IN4O4. The lowest BCUT2D eigenvalue weighted by molar-refractivity contribution is -0.134. The molecule has 0 unspecified atom stereocenters. The number of ether oxygens (including phenoxy) is 2. The van der Waals surface area contributed by atoms with Crippen LogP contribution in [-0.4, -0.2) is 48.3 Å². The summed E-state index contributed by atoms with van der Waals surface area (Å²) in [7, 11) is 0. The highest BCUT2D eigenvalue weighted by Gasteiger charge is 2.26. The van der Waals surface area contributed by atoms with Crippen LogP contribution in [0.3, 0.4) is 0 Å². The number of carbonyl (C=O) groups is 2. The number of halogens is 1. The number of hydrogen-bond acceptors (Lipinski definition) is 6. The largest absolute Gasteiger partial charge is 0.374 e. The van der Waals surface area contributed by atoms with Gasteiger partial charge in [-0.25, -0.2) is 0 Å². The molecule has 0 aliphatic rings. The van der Waals surface area contributed by atoms with Crippen molar-refractivity contribution in [2.45, 2.75) is 64.8 Å². The minimum atomic E-state index is -0.869. The molecule has 0 aliphatic heterocycles. The van der Waals surface area contributed by atoms with Crippen LogP contribution in [0.1, 0.15) is 41.5 Å². The molecule has 0 aliphatic carbocycles. The quantitative estimate of drug-likeness (QED) is 0.245. The van der Waals surface area contributed by atoms with Crippen LogP contribution >= 0.6 is 22.9 Å². The first-order valence-corrected chi connectivity index (χ1v) is 8.43. The van der Waals surface area contributed by atoms with Gasteiger partial charge in [0.15, 0.2) is 0 Å². The average molecular weight is 444 g/mol. The highest BCUT2D eigenvalue weighted by Crippen LogP contribution is 2.08. The number of hydrazine groups is 1. The van der Waals surface area contributed by atoms with Gasteiger partial charge in [-0.15, -0.1) is 0 Å². The zero-order valence-electron chi connectivity index (χ0n) is 14.7. The number of amides is 2. The van der Waals surface area contributed by atoms with Gasteiger partial charge in [0, 0.05) is 22.9 Å². The fraction of sp³-hybridized carbons (Fsp3) is 0.857. The molecule has 0 saturated carbocycles. The maximum atomic E-state index is 12.1. The third-order valence-electron chi connectivity index (χ3n) is 2.52. The maximum Gasteiger partial charge on any atom is 0.259 e. The monoisotopic (exact) mass is 444 g/mol. The minimum Gasteiger partial charge on any atom is -0.374 e. The molecule has 0 spiro atoms. The van der Waals surface area contributed by atoms with E-state index in [1.807, 2.05) is 41.5 Å². The number of nitrogens with two attached hydrogens (primary N) is 1. The summed E-state index contributed by atoms with van der Waals surface area (Å²) in [6, 6.07) is -1.73. The van der Waals surface area contributed by atoms with Crippen LogP contribution < -0.4 is 20.1 Å². The summed E-state index contributed by atoms with van der Waals surface area (Å²) in [6.45, 7) is 11.3. The summed E-state index contributed by atoms with van der Waals surface area (Å²) >= 11 is 1.77. The summed E-state index contributed by atoms with van der Waals surface area (Å²) in [6.07, 6.45) is 0. The zero-order chi connectivity index (χ0) is 18.3. The van der Waals surface area contributed by atoms with Crippen molar-refractivity contribution in [1.29, 1.82) is 0 Å². The van der Waals surface area contributed by atoms with Crippen molar-refractivity contribution in [3.63, 3.8) is 0 Å². The summed E-state index contributed by atoms with van der Waals surface area (Å²) in [5, 5.41) is 2.59. The van der Waals surface area contributed by atoms with Crippen LogP contribution in [0.15, 0.2) is 0 Å². The molecule has 0 rings (SSSR count). The van der Waals surface area contributed by atoms with E-state index in [0.29, 0.717) is 0 Å². The van der Waals surface area contributed by atoms with Gasteiger partial charge in [0.05, 0.1) is 24.4 Å². The number of carbonyl (C=O) groups excluding carboxylic acids is 2. The molecule has 0 bridgehead atoms. The lowest BCUT2D eigenvalue weighted by atomic mass is 10.1. The van der Waals surface area contributed by atoms with Gasteiger partial charge in [-0.1, -0.05) is 0 Å². The molecule has 0 saturated heterocycles. The van der Waals surface area contributed by atoms with Crippen LogP contribution in [-0.2, 0) is 19.1 Å². The van der Waals surface area contributed by atoms with E-state index in [0.717, 1.165) is 0 Å². The van der Waals surface area contributed by atoms with Gasteiger partial charge in [0.2, 0.25) is 5.91 Å². The topological polar surface area (TPSA) is 115 Å². The molecule has 0 radical (unpaired) electrons. The van der Waals surface area contributed by atoms with Crippen molar-refractivity contribution in [1.82, 2.24) is 14.4 Å². The van der Waals surface area contributed by atoms with E-state index in [9.17, 15) is 9.59 Å². The molecule has 0 aromatic carbocycles. The van der Waals surface area contributed by atoms with Gasteiger partial charge in [-0.3, -0.25) is 15.0 Å². The van der Waals surface area contributed by atoms with E-state index in [-0.39, 0.29) is 13.2 Å². The lowest BCUT2D eigenvalue weighted by Gasteiger charge is -2.26. The van der Waals surface area contributed by atoms with Crippen molar-refractivity contribution in [3.8, 4) is 0 Å². The first-order valence-electron chi connectivity index (χ1n) is 7.35. The second kappa shape index (κ2) is 9.72. The predicted octanol–water partition coefficient (Wildman–Crippen LogP) is 0.400. The molecule has 0 aromatic heterocycles. The van der Waals surface area contributed by atoms with Crippen LogP contribution in [0.2, 0.25) is 0 Å². The Bertz CT molecular complexity index is 393. The van der Waals surface area contributed by atoms with Crippen molar-refractivity contribution < 1.29 is 19.1 Å². The molecule has 0 aromatic rings. The fourth-order valence-electron chi connectivity index (χ4n) is 1.34. The standard InChI is InChI=1S/C14H29IN4O4/c1-13(2,3)22-7-9(16)11(20)17-10(12(21)18-19-15)8-23-14(4,5)6/h9-10,19H,7-8,16H2,1-6H3,(H,17,20)(H,18,21)/t9-,10-/m0/s1. The summed E-state index contributed by atoms with van der Waals surface area (Å²) in [5.41, 5.74) is 7.39. The van der Waals surface area contributed by atoms with Gasteiger partial charge in [0.25, 0.3) is 5.91 Å². The van der Waals surface area contributed by atoms with Gasteiger partial charge < -0.3 is 20.5 Å². The molecule has 0 fully saturated rings. The highest BCUT2D eigenvalue weighted by atomic mass is 127. The van der Waals surface area contributed by atoms with Crippen LogP contribution in [0, 0.1) is 0 Å². The van der Waals surface area contributed by atoms with E-state index in [2.05, 4.69) is 14.4 Å². The van der Waals surface area contributed by atoms with Gasteiger partial charge >= 0.3 is 0 Å². The highest BCUT2D eigenvalue weighted by molar-refractivity contribution is 14.1. The second-order valence-corrected chi connectivity index (χ2v) is 7.64. The molecular weight excluding hydrogens is 415 g/mol. The van der Waals surface area contributed by atoms with E-state index in [1.54, 1.807) is 22.9 Å². The third-order valence-corrected chi connectivity index (χ3v) is 2.79. The first-order chi connectivity index (χ1) is 10.4. The molecule has 5 N–H and O–H groups in total. The normalized spacial score (nSPS) is 15.0. The SMILES string of the molecule is CC(C)(C)OC[C@H](NC(=O)[C@@H](N)COC(C)(C)C)C(=O)NNI. The number of rotatable bonds is 8. The molecule has 8 nitrogen and oxygen atoms in total. The Morgan fingerprint density at radius 1 is 1.00 bits per heavy atom. The van der Waals surface area contributed by atoms with Crippen molar-refractivity contribution in [3.05, 3.63) is 0 Å². The van der Waals surface area contributed by atoms with E-state index in [1.165, 1.54) is 0 Å². The smallest absolute Gasteiger partial charge is 0.259 e. The summed E-state index contributed by atoms with van der Waals surface area (Å²) < 4.78 is 13.6. The average Bonchev–Trinajstić information content (AvgIpc) is 2.38. The molecule has 23 heavy (non-hydrogen) atoms. The maximum absolute atomic E-state index is 12.1.